The molecule has 0 amide bonds. The zero-order valence-corrected chi connectivity index (χ0v) is 10.8. The summed E-state index contributed by atoms with van der Waals surface area (Å²) in [4.78, 5) is 13.5. The molecule has 100 valence electrons. The quantitative estimate of drug-likeness (QED) is 0.849. The molecule has 2 heterocycles. The van der Waals surface area contributed by atoms with Crippen LogP contribution in [0.25, 0.3) is 0 Å². The SMILES string of the molecule is CCCC1(C(=O)O)CCN(c2nnnn2C)CC1. The summed E-state index contributed by atoms with van der Waals surface area (Å²) in [7, 11) is 1.79. The van der Waals surface area contributed by atoms with Crippen molar-refractivity contribution in [1.82, 2.24) is 20.2 Å². The van der Waals surface area contributed by atoms with Crippen LogP contribution in [0.15, 0.2) is 0 Å². The van der Waals surface area contributed by atoms with Crippen molar-refractivity contribution in [3.8, 4) is 0 Å². The molecular formula is C11H19N5O2. The van der Waals surface area contributed by atoms with E-state index < -0.39 is 11.4 Å². The van der Waals surface area contributed by atoms with Crippen molar-refractivity contribution < 1.29 is 9.90 Å². The van der Waals surface area contributed by atoms with E-state index in [1.165, 1.54) is 0 Å². The smallest absolute Gasteiger partial charge is 0.309 e. The highest BCUT2D eigenvalue weighted by molar-refractivity contribution is 5.75. The van der Waals surface area contributed by atoms with Crippen LogP contribution in [0.1, 0.15) is 32.6 Å². The number of hydrogen-bond donors (Lipinski definition) is 1. The summed E-state index contributed by atoms with van der Waals surface area (Å²) in [6, 6.07) is 0. The van der Waals surface area contributed by atoms with E-state index in [4.69, 9.17) is 0 Å². The molecule has 18 heavy (non-hydrogen) atoms. The molecule has 0 unspecified atom stereocenters. The fourth-order valence-corrected chi connectivity index (χ4v) is 2.68. The second-order valence-electron chi connectivity index (χ2n) is 4.93. The number of tetrazole rings is 1. The first-order valence-electron chi connectivity index (χ1n) is 6.30. The highest BCUT2D eigenvalue weighted by Gasteiger charge is 2.41. The number of anilines is 1. The summed E-state index contributed by atoms with van der Waals surface area (Å²) in [5.41, 5.74) is -0.558. The Labute approximate surface area is 106 Å². The summed E-state index contributed by atoms with van der Waals surface area (Å²) in [6.07, 6.45) is 2.96. The van der Waals surface area contributed by atoms with Crippen LogP contribution in [0.4, 0.5) is 5.95 Å². The van der Waals surface area contributed by atoms with Crippen molar-refractivity contribution in [2.24, 2.45) is 12.5 Å². The van der Waals surface area contributed by atoms with Crippen molar-refractivity contribution in [1.29, 1.82) is 0 Å². The first-order chi connectivity index (χ1) is 8.59. The van der Waals surface area contributed by atoms with Gasteiger partial charge in [0.15, 0.2) is 0 Å². The molecule has 0 aromatic carbocycles. The molecular weight excluding hydrogens is 234 g/mol. The van der Waals surface area contributed by atoms with Crippen LogP contribution in [0.3, 0.4) is 0 Å². The molecule has 0 saturated carbocycles. The van der Waals surface area contributed by atoms with Crippen LogP contribution < -0.4 is 4.90 Å². The third kappa shape index (κ3) is 2.16. The molecule has 0 spiro atoms. The van der Waals surface area contributed by atoms with Crippen molar-refractivity contribution in [3.05, 3.63) is 0 Å². The van der Waals surface area contributed by atoms with E-state index in [-0.39, 0.29) is 0 Å². The fourth-order valence-electron chi connectivity index (χ4n) is 2.68. The number of nitrogens with zero attached hydrogens (tertiary/aromatic N) is 5. The Kier molecular flexibility index (Phi) is 3.49. The van der Waals surface area contributed by atoms with Crippen LogP contribution in [0.5, 0.6) is 0 Å². The lowest BCUT2D eigenvalue weighted by Gasteiger charge is -2.38. The second kappa shape index (κ2) is 4.91. The monoisotopic (exact) mass is 253 g/mol. The second-order valence-corrected chi connectivity index (χ2v) is 4.93. The maximum absolute atomic E-state index is 11.5. The van der Waals surface area contributed by atoms with Crippen LogP contribution in [0, 0.1) is 5.41 Å². The molecule has 1 aromatic rings. The lowest BCUT2D eigenvalue weighted by atomic mass is 9.75. The highest BCUT2D eigenvalue weighted by Crippen LogP contribution is 2.37. The Balaban J connectivity index is 2.07. The van der Waals surface area contributed by atoms with Crippen LogP contribution in [-0.4, -0.2) is 44.4 Å². The fraction of sp³-hybridized carbons (Fsp3) is 0.818. The first kappa shape index (κ1) is 12.8. The van der Waals surface area contributed by atoms with Gasteiger partial charge in [-0.05, 0) is 29.7 Å². The Morgan fingerprint density at radius 3 is 2.56 bits per heavy atom. The largest absolute Gasteiger partial charge is 0.481 e. The third-order valence-electron chi connectivity index (χ3n) is 3.78. The molecule has 1 fully saturated rings. The molecule has 0 aliphatic carbocycles. The number of carbonyl (C=O) groups is 1. The summed E-state index contributed by atoms with van der Waals surface area (Å²) in [5, 5.41) is 20.8. The molecule has 2 rings (SSSR count). The van der Waals surface area contributed by atoms with Gasteiger partial charge in [0.05, 0.1) is 5.41 Å². The Morgan fingerprint density at radius 1 is 1.44 bits per heavy atom. The number of aromatic nitrogens is 4. The number of rotatable bonds is 4. The third-order valence-corrected chi connectivity index (χ3v) is 3.78. The first-order valence-corrected chi connectivity index (χ1v) is 6.30. The number of hydrogen-bond acceptors (Lipinski definition) is 5. The average molecular weight is 253 g/mol. The van der Waals surface area contributed by atoms with Crippen LogP contribution >= 0.6 is 0 Å². The molecule has 1 aromatic heterocycles. The summed E-state index contributed by atoms with van der Waals surface area (Å²) < 4.78 is 1.62. The summed E-state index contributed by atoms with van der Waals surface area (Å²) in [5.74, 6) is 0.0468. The lowest BCUT2D eigenvalue weighted by molar-refractivity contribution is -0.150. The van der Waals surface area contributed by atoms with Gasteiger partial charge in [0.2, 0.25) is 5.95 Å². The van der Waals surface area contributed by atoms with Crippen molar-refractivity contribution >= 4 is 11.9 Å². The zero-order valence-electron chi connectivity index (χ0n) is 10.8. The molecule has 7 heteroatoms. The van der Waals surface area contributed by atoms with Gasteiger partial charge in [-0.25, -0.2) is 4.68 Å². The van der Waals surface area contributed by atoms with Gasteiger partial charge in [-0.1, -0.05) is 18.4 Å². The van der Waals surface area contributed by atoms with E-state index in [9.17, 15) is 9.90 Å². The van der Waals surface area contributed by atoms with Crippen molar-refractivity contribution in [2.75, 3.05) is 18.0 Å². The summed E-state index contributed by atoms with van der Waals surface area (Å²) >= 11 is 0. The van der Waals surface area contributed by atoms with Gasteiger partial charge >= 0.3 is 5.97 Å². The van der Waals surface area contributed by atoms with Gasteiger partial charge in [-0.15, -0.1) is 0 Å². The Hall–Kier alpha value is -1.66. The number of carboxylic acids is 1. The van der Waals surface area contributed by atoms with Gasteiger partial charge in [0.25, 0.3) is 0 Å². The lowest BCUT2D eigenvalue weighted by Crippen LogP contribution is -2.45. The van der Waals surface area contributed by atoms with E-state index in [2.05, 4.69) is 20.4 Å². The number of piperidine rings is 1. The molecule has 0 radical (unpaired) electrons. The van der Waals surface area contributed by atoms with E-state index in [0.717, 1.165) is 12.8 Å². The number of carboxylic acid groups (broad SMARTS) is 1. The molecule has 0 bridgehead atoms. The molecule has 7 nitrogen and oxygen atoms in total. The molecule has 0 atom stereocenters. The van der Waals surface area contributed by atoms with Gasteiger partial charge in [0.1, 0.15) is 0 Å². The van der Waals surface area contributed by atoms with Crippen molar-refractivity contribution in [2.45, 2.75) is 32.6 Å². The number of aryl methyl sites for hydroxylation is 1. The number of aliphatic carboxylic acids is 1. The molecule has 1 N–H and O–H groups in total. The maximum Gasteiger partial charge on any atom is 0.309 e. The standard InChI is InChI=1S/C11H19N5O2/c1-3-4-11(9(17)18)5-7-16(8-6-11)10-12-13-14-15(10)2/h3-8H2,1-2H3,(H,17,18). The minimum Gasteiger partial charge on any atom is -0.481 e. The van der Waals surface area contributed by atoms with Crippen LogP contribution in [0.2, 0.25) is 0 Å². The topological polar surface area (TPSA) is 84.1 Å². The Morgan fingerprint density at radius 2 is 2.11 bits per heavy atom. The zero-order chi connectivity index (χ0) is 13.2. The van der Waals surface area contributed by atoms with E-state index >= 15 is 0 Å². The summed E-state index contributed by atoms with van der Waals surface area (Å²) in [6.45, 7) is 3.42. The van der Waals surface area contributed by atoms with E-state index in [1.54, 1.807) is 11.7 Å². The maximum atomic E-state index is 11.5. The Bertz CT molecular complexity index is 423. The average Bonchev–Trinajstić information content (AvgIpc) is 2.77. The van der Waals surface area contributed by atoms with Gasteiger partial charge in [-0.3, -0.25) is 4.79 Å². The van der Waals surface area contributed by atoms with Crippen molar-refractivity contribution in [3.63, 3.8) is 0 Å². The normalized spacial score (nSPS) is 18.9. The minimum atomic E-state index is -0.667. The van der Waals surface area contributed by atoms with Crippen LogP contribution in [-0.2, 0) is 11.8 Å². The molecule has 1 saturated heterocycles. The van der Waals surface area contributed by atoms with E-state index in [1.807, 2.05) is 6.92 Å². The van der Waals surface area contributed by atoms with Gasteiger partial charge in [-0.2, -0.15) is 0 Å². The molecule has 1 aliphatic rings. The van der Waals surface area contributed by atoms with Gasteiger partial charge in [0, 0.05) is 20.1 Å². The minimum absolute atomic E-state index is 0.558. The predicted octanol–water partition coefficient (Wildman–Crippen LogP) is 0.681. The van der Waals surface area contributed by atoms with Gasteiger partial charge < -0.3 is 10.0 Å². The predicted molar refractivity (Wildman–Crippen MR) is 65.2 cm³/mol. The molecule has 1 aliphatic heterocycles. The highest BCUT2D eigenvalue weighted by atomic mass is 16.4. The van der Waals surface area contributed by atoms with E-state index in [0.29, 0.717) is 31.9 Å².